The van der Waals surface area contributed by atoms with E-state index in [9.17, 15) is 4.57 Å². The molecule has 1 nitrogen and oxygen atoms in total. The topological polar surface area (TPSA) is 17.1 Å². The van der Waals surface area contributed by atoms with Crippen LogP contribution in [0.2, 0.25) is 0 Å². The highest BCUT2D eigenvalue weighted by atomic mass is 79.9. The SMILES string of the molecule is O=P1(Br)CCCC1Br. The summed E-state index contributed by atoms with van der Waals surface area (Å²) in [6.07, 6.45) is 3.02. The zero-order chi connectivity index (χ0) is 6.20. The summed E-state index contributed by atoms with van der Waals surface area (Å²) in [6.45, 7) is 0. The predicted molar refractivity (Wildman–Crippen MR) is 43.3 cm³/mol. The Hall–Kier alpha value is 1.19. The molecule has 1 aliphatic heterocycles. The molecule has 8 heavy (non-hydrogen) atoms. The van der Waals surface area contributed by atoms with Crippen LogP contribution in [0.3, 0.4) is 0 Å². The van der Waals surface area contributed by atoms with Crippen LogP contribution in [0.5, 0.6) is 0 Å². The first-order valence-electron chi connectivity index (χ1n) is 2.55. The molecule has 0 saturated carbocycles. The van der Waals surface area contributed by atoms with E-state index < -0.39 is 5.84 Å². The van der Waals surface area contributed by atoms with Gasteiger partial charge in [0.1, 0.15) is 0 Å². The molecule has 0 N–H and O–H groups in total. The lowest BCUT2D eigenvalue weighted by molar-refractivity contribution is 0.588. The minimum atomic E-state index is -1.91. The van der Waals surface area contributed by atoms with Crippen molar-refractivity contribution < 1.29 is 4.57 Å². The molecule has 0 bridgehead atoms. The molecule has 0 aromatic carbocycles. The van der Waals surface area contributed by atoms with E-state index in [1.165, 1.54) is 0 Å². The van der Waals surface area contributed by atoms with Gasteiger partial charge >= 0.3 is 0 Å². The van der Waals surface area contributed by atoms with Gasteiger partial charge in [0.05, 0.1) is 4.57 Å². The van der Waals surface area contributed by atoms with Gasteiger partial charge in [-0.25, -0.2) is 0 Å². The Labute approximate surface area is 65.5 Å². The first kappa shape index (κ1) is 7.30. The average Bonchev–Trinajstić information content (AvgIpc) is 1.86. The van der Waals surface area contributed by atoms with Gasteiger partial charge in [0.25, 0.3) is 0 Å². The Kier molecular flexibility index (Phi) is 2.22. The highest BCUT2D eigenvalue weighted by Gasteiger charge is 2.32. The normalized spacial score (nSPS) is 47.5. The lowest BCUT2D eigenvalue weighted by Crippen LogP contribution is -1.82. The Morgan fingerprint density at radius 3 is 2.38 bits per heavy atom. The van der Waals surface area contributed by atoms with E-state index in [-0.39, 0.29) is 4.57 Å². The third kappa shape index (κ3) is 1.37. The molecule has 1 fully saturated rings. The van der Waals surface area contributed by atoms with Crippen molar-refractivity contribution in [2.24, 2.45) is 0 Å². The van der Waals surface area contributed by atoms with Gasteiger partial charge < -0.3 is 4.57 Å². The zero-order valence-corrected chi connectivity index (χ0v) is 8.38. The molecule has 1 saturated heterocycles. The molecule has 0 aliphatic carbocycles. The smallest absolute Gasteiger partial charge is 0.161 e. The maximum absolute atomic E-state index is 11.2. The fourth-order valence-electron chi connectivity index (χ4n) is 0.808. The minimum Gasteiger partial charge on any atom is -0.310 e. The molecule has 0 amide bonds. The van der Waals surface area contributed by atoms with Gasteiger partial charge in [-0.3, -0.25) is 0 Å². The van der Waals surface area contributed by atoms with Crippen molar-refractivity contribution in [1.82, 2.24) is 0 Å². The average molecular weight is 262 g/mol. The molecule has 4 heteroatoms. The molecule has 1 aliphatic rings. The minimum absolute atomic E-state index is 0.245. The van der Waals surface area contributed by atoms with Crippen molar-refractivity contribution in [1.29, 1.82) is 0 Å². The van der Waals surface area contributed by atoms with Crippen molar-refractivity contribution in [3.8, 4) is 0 Å². The quantitative estimate of drug-likeness (QED) is 0.484. The number of alkyl halides is 1. The van der Waals surface area contributed by atoms with E-state index in [0.717, 1.165) is 19.0 Å². The molecule has 48 valence electrons. The summed E-state index contributed by atoms with van der Waals surface area (Å²) in [5.41, 5.74) is 0. The Bertz CT molecular complexity index is 136. The standard InChI is InChI=1S/C4H7Br2OP/c5-4-2-1-3-8(4,6)7/h4H,1-3H2. The van der Waals surface area contributed by atoms with Crippen molar-refractivity contribution >= 4 is 37.3 Å². The third-order valence-electron chi connectivity index (χ3n) is 1.32. The van der Waals surface area contributed by atoms with Crippen molar-refractivity contribution in [2.75, 3.05) is 6.16 Å². The molecule has 1 rings (SSSR count). The molecule has 2 atom stereocenters. The lowest BCUT2D eigenvalue weighted by atomic mass is 10.4. The van der Waals surface area contributed by atoms with Crippen LogP contribution in [0, 0.1) is 0 Å². The molecule has 1 heterocycles. The summed E-state index contributed by atoms with van der Waals surface area (Å²) in [7, 11) is 0. The van der Waals surface area contributed by atoms with E-state index in [1.807, 2.05) is 0 Å². The van der Waals surface area contributed by atoms with Gasteiger partial charge in [-0.1, -0.05) is 15.9 Å². The van der Waals surface area contributed by atoms with E-state index in [2.05, 4.69) is 31.4 Å². The number of hydrogen-bond acceptors (Lipinski definition) is 1. The van der Waals surface area contributed by atoms with E-state index >= 15 is 0 Å². The molecular formula is C4H7Br2OP. The number of hydrogen-bond donors (Lipinski definition) is 0. The second-order valence-electron chi connectivity index (χ2n) is 2.00. The monoisotopic (exact) mass is 260 g/mol. The fraction of sp³-hybridized carbons (Fsp3) is 1.00. The summed E-state index contributed by atoms with van der Waals surface area (Å²) >= 11 is 6.57. The summed E-state index contributed by atoms with van der Waals surface area (Å²) in [5.74, 6) is -1.91. The van der Waals surface area contributed by atoms with Crippen molar-refractivity contribution in [3.63, 3.8) is 0 Å². The summed E-state index contributed by atoms with van der Waals surface area (Å²) in [5, 5.41) is 0. The van der Waals surface area contributed by atoms with E-state index in [1.54, 1.807) is 0 Å². The van der Waals surface area contributed by atoms with Crippen LogP contribution in [0.4, 0.5) is 0 Å². The predicted octanol–water partition coefficient (Wildman–Crippen LogP) is 3.17. The summed E-state index contributed by atoms with van der Waals surface area (Å²) < 4.78 is 11.5. The zero-order valence-electron chi connectivity index (χ0n) is 4.31. The summed E-state index contributed by atoms with van der Waals surface area (Å²) in [4.78, 5) is 0. The van der Waals surface area contributed by atoms with Crippen LogP contribution in [0.15, 0.2) is 0 Å². The van der Waals surface area contributed by atoms with Crippen LogP contribution in [0.1, 0.15) is 12.8 Å². The highest BCUT2D eigenvalue weighted by Crippen LogP contribution is 2.66. The largest absolute Gasteiger partial charge is 0.310 e. The van der Waals surface area contributed by atoms with Gasteiger partial charge in [-0.2, -0.15) is 0 Å². The molecule has 0 spiro atoms. The Morgan fingerprint density at radius 1 is 1.62 bits per heavy atom. The first-order chi connectivity index (χ1) is 3.63. The van der Waals surface area contributed by atoms with Gasteiger partial charge in [0.2, 0.25) is 0 Å². The van der Waals surface area contributed by atoms with Gasteiger partial charge in [0, 0.05) is 6.16 Å². The number of halogens is 2. The molecular weight excluding hydrogens is 255 g/mol. The third-order valence-corrected chi connectivity index (χ3v) is 9.98. The molecule has 0 radical (unpaired) electrons. The van der Waals surface area contributed by atoms with Crippen molar-refractivity contribution in [2.45, 2.75) is 17.4 Å². The highest BCUT2D eigenvalue weighted by molar-refractivity contribution is 9.41. The van der Waals surface area contributed by atoms with Gasteiger partial charge in [0.15, 0.2) is 5.84 Å². The molecule has 2 unspecified atom stereocenters. The first-order valence-corrected chi connectivity index (χ1v) is 7.45. The van der Waals surface area contributed by atoms with Crippen molar-refractivity contribution in [3.05, 3.63) is 0 Å². The van der Waals surface area contributed by atoms with Crippen LogP contribution in [-0.2, 0) is 4.57 Å². The molecule has 0 aromatic heterocycles. The number of rotatable bonds is 0. The Balaban J connectivity index is 2.69. The maximum atomic E-state index is 11.2. The maximum Gasteiger partial charge on any atom is 0.161 e. The second kappa shape index (κ2) is 2.43. The van der Waals surface area contributed by atoms with Crippen LogP contribution < -0.4 is 0 Å². The van der Waals surface area contributed by atoms with Gasteiger partial charge in [-0.15, -0.1) is 0 Å². The summed E-state index contributed by atoms with van der Waals surface area (Å²) in [6, 6.07) is 0. The van der Waals surface area contributed by atoms with Crippen LogP contribution in [-0.4, -0.2) is 10.7 Å². The van der Waals surface area contributed by atoms with E-state index in [4.69, 9.17) is 0 Å². The van der Waals surface area contributed by atoms with Gasteiger partial charge in [-0.05, 0) is 28.3 Å². The van der Waals surface area contributed by atoms with E-state index in [0.29, 0.717) is 0 Å². The van der Waals surface area contributed by atoms with Crippen LogP contribution >= 0.6 is 37.3 Å². The second-order valence-corrected chi connectivity index (χ2v) is 9.90. The lowest BCUT2D eigenvalue weighted by Gasteiger charge is -2.03. The van der Waals surface area contributed by atoms with Crippen LogP contribution in [0.25, 0.3) is 0 Å². The molecule has 0 aromatic rings. The fourth-order valence-corrected chi connectivity index (χ4v) is 4.57. The Morgan fingerprint density at radius 2 is 2.25 bits per heavy atom.